The van der Waals surface area contributed by atoms with E-state index in [1.165, 1.54) is 0 Å². The highest BCUT2D eigenvalue weighted by atomic mass is 19.4. The van der Waals surface area contributed by atoms with Crippen LogP contribution in [0.2, 0.25) is 0 Å². The minimum absolute atomic E-state index is 0.0833. The molecule has 0 aliphatic carbocycles. The maximum absolute atomic E-state index is 14.0. The zero-order valence-corrected chi connectivity index (χ0v) is 12.4. The topological polar surface area (TPSA) is 20.2 Å². The fraction of sp³-hybridized carbons (Fsp3) is 0.176. The molecule has 134 valence electrons. The molecule has 0 saturated heterocycles. The normalized spacial score (nSPS) is 15.4. The third-order valence-corrected chi connectivity index (χ3v) is 3.51. The largest absolute Gasteiger partial charge is 0.457 e. The van der Waals surface area contributed by atoms with E-state index in [-0.39, 0.29) is 11.6 Å². The van der Waals surface area contributed by atoms with Gasteiger partial charge in [0.1, 0.15) is 11.6 Å². The van der Waals surface area contributed by atoms with Crippen molar-refractivity contribution in [2.24, 2.45) is 0 Å². The minimum atomic E-state index is -6.07. The summed E-state index contributed by atoms with van der Waals surface area (Å²) < 4.78 is 92.1. The van der Waals surface area contributed by atoms with Gasteiger partial charge in [0.05, 0.1) is 0 Å². The number of aliphatic hydroxyl groups is 1. The Morgan fingerprint density at radius 2 is 1.16 bits per heavy atom. The number of hydrogen-bond donors (Lipinski definition) is 1. The molecule has 1 unspecified atom stereocenters. The molecular weight excluding hydrogens is 353 g/mol. The van der Waals surface area contributed by atoms with E-state index in [2.05, 4.69) is 0 Å². The van der Waals surface area contributed by atoms with E-state index in [9.17, 15) is 35.8 Å². The van der Waals surface area contributed by atoms with Crippen molar-refractivity contribution in [1.29, 1.82) is 0 Å². The van der Waals surface area contributed by atoms with Crippen molar-refractivity contribution in [2.45, 2.75) is 17.7 Å². The Morgan fingerprint density at radius 3 is 1.60 bits per heavy atom. The fourth-order valence-electron chi connectivity index (χ4n) is 2.09. The molecule has 0 fully saturated rings. The molecule has 0 aromatic heterocycles. The summed E-state index contributed by atoms with van der Waals surface area (Å²) in [5.41, 5.74) is -4.55. The van der Waals surface area contributed by atoms with Gasteiger partial charge in [-0.15, -0.1) is 0 Å². The van der Waals surface area contributed by atoms with E-state index in [0.29, 0.717) is 24.3 Å². The number of hydrogen-bond acceptors (Lipinski definition) is 1. The van der Waals surface area contributed by atoms with E-state index in [0.717, 1.165) is 30.3 Å². The first kappa shape index (κ1) is 19.0. The lowest BCUT2D eigenvalue weighted by Gasteiger charge is -2.35. The van der Waals surface area contributed by atoms with Crippen molar-refractivity contribution >= 4 is 6.08 Å². The van der Waals surface area contributed by atoms with Gasteiger partial charge >= 0.3 is 12.1 Å². The molecule has 25 heavy (non-hydrogen) atoms. The Labute approximate surface area is 138 Å². The molecule has 0 amide bonds. The van der Waals surface area contributed by atoms with Crippen molar-refractivity contribution < 1.29 is 35.8 Å². The second-order valence-electron chi connectivity index (χ2n) is 5.23. The predicted octanol–water partition coefficient (Wildman–Crippen LogP) is 5.06. The Balaban J connectivity index is 2.56. The summed E-state index contributed by atoms with van der Waals surface area (Å²) >= 11 is 0. The maximum Gasteiger partial charge on any atom is 0.457 e. The van der Waals surface area contributed by atoms with Gasteiger partial charge in [-0.25, -0.2) is 8.78 Å². The summed E-state index contributed by atoms with van der Waals surface area (Å²) in [6, 6.07) is 6.76. The maximum atomic E-state index is 14.0. The zero-order chi connectivity index (χ0) is 18.9. The smallest absolute Gasteiger partial charge is 0.375 e. The van der Waals surface area contributed by atoms with Crippen LogP contribution in [0.5, 0.6) is 0 Å². The summed E-state index contributed by atoms with van der Waals surface area (Å²) in [5.74, 6) is -7.07. The molecule has 1 N–H and O–H groups in total. The summed E-state index contributed by atoms with van der Waals surface area (Å²) in [4.78, 5) is 0. The molecule has 8 heteroatoms. The standard InChI is InChI=1S/C17H11F7O/c18-13-5-1-11(2-6-13)9-10-15(25,16(20,21)17(22,23)24)12-3-7-14(19)8-4-12/h1-10,25H/b10-9+. The molecule has 2 aromatic carbocycles. The first-order chi connectivity index (χ1) is 11.5. The van der Waals surface area contributed by atoms with Crippen LogP contribution in [0.1, 0.15) is 11.1 Å². The second kappa shape index (κ2) is 6.51. The van der Waals surface area contributed by atoms with Crippen LogP contribution >= 0.6 is 0 Å². The average molecular weight is 364 g/mol. The second-order valence-corrected chi connectivity index (χ2v) is 5.23. The first-order valence-electron chi connectivity index (χ1n) is 6.85. The highest BCUT2D eigenvalue weighted by molar-refractivity contribution is 5.52. The Morgan fingerprint density at radius 1 is 0.720 bits per heavy atom. The molecule has 1 atom stereocenters. The lowest BCUT2D eigenvalue weighted by Crippen LogP contribution is -2.53. The summed E-state index contributed by atoms with van der Waals surface area (Å²) in [5, 5.41) is 10.2. The van der Waals surface area contributed by atoms with E-state index >= 15 is 0 Å². The van der Waals surface area contributed by atoms with Crippen LogP contribution in [0.15, 0.2) is 54.6 Å². The Kier molecular flexibility index (Phi) is 4.94. The molecule has 2 aromatic rings. The van der Waals surface area contributed by atoms with Crippen molar-refractivity contribution in [2.75, 3.05) is 0 Å². The van der Waals surface area contributed by atoms with Crippen LogP contribution in [-0.2, 0) is 5.60 Å². The van der Waals surface area contributed by atoms with Gasteiger partial charge in [0.15, 0.2) is 5.60 Å². The molecule has 2 rings (SSSR count). The quantitative estimate of drug-likeness (QED) is 0.752. The average Bonchev–Trinajstić information content (AvgIpc) is 2.53. The van der Waals surface area contributed by atoms with Crippen LogP contribution in [0.4, 0.5) is 30.7 Å². The number of halogens is 7. The highest BCUT2D eigenvalue weighted by Gasteiger charge is 2.69. The third-order valence-electron chi connectivity index (χ3n) is 3.51. The zero-order valence-electron chi connectivity index (χ0n) is 12.4. The van der Waals surface area contributed by atoms with E-state index in [1.54, 1.807) is 0 Å². The molecule has 0 aliphatic heterocycles. The fourth-order valence-corrected chi connectivity index (χ4v) is 2.09. The van der Waals surface area contributed by atoms with E-state index < -0.39 is 34.9 Å². The number of alkyl halides is 5. The molecule has 0 radical (unpaired) electrons. The van der Waals surface area contributed by atoms with Gasteiger partial charge in [-0.1, -0.05) is 30.3 Å². The van der Waals surface area contributed by atoms with E-state index in [1.807, 2.05) is 0 Å². The van der Waals surface area contributed by atoms with Gasteiger partial charge in [0.25, 0.3) is 0 Å². The lowest BCUT2D eigenvalue weighted by molar-refractivity contribution is -0.334. The summed E-state index contributed by atoms with van der Waals surface area (Å²) in [6.07, 6.45) is -5.02. The lowest BCUT2D eigenvalue weighted by atomic mass is 9.85. The summed E-state index contributed by atoms with van der Waals surface area (Å²) in [6.45, 7) is 0. The third kappa shape index (κ3) is 3.68. The number of rotatable bonds is 4. The molecular formula is C17H11F7O. The van der Waals surface area contributed by atoms with Crippen LogP contribution in [0.25, 0.3) is 6.08 Å². The van der Waals surface area contributed by atoms with Crippen LogP contribution in [0, 0.1) is 11.6 Å². The summed E-state index contributed by atoms with van der Waals surface area (Å²) in [7, 11) is 0. The van der Waals surface area contributed by atoms with Gasteiger partial charge < -0.3 is 5.11 Å². The van der Waals surface area contributed by atoms with Crippen molar-refractivity contribution in [3.8, 4) is 0 Å². The van der Waals surface area contributed by atoms with Crippen LogP contribution in [0.3, 0.4) is 0 Å². The van der Waals surface area contributed by atoms with Crippen molar-refractivity contribution in [3.63, 3.8) is 0 Å². The van der Waals surface area contributed by atoms with Crippen molar-refractivity contribution in [3.05, 3.63) is 77.4 Å². The highest BCUT2D eigenvalue weighted by Crippen LogP contribution is 2.49. The molecule has 0 heterocycles. The predicted molar refractivity (Wildman–Crippen MR) is 76.7 cm³/mol. The van der Waals surface area contributed by atoms with Crippen LogP contribution < -0.4 is 0 Å². The molecule has 0 aliphatic rings. The van der Waals surface area contributed by atoms with Crippen molar-refractivity contribution in [1.82, 2.24) is 0 Å². The van der Waals surface area contributed by atoms with Gasteiger partial charge in [-0.2, -0.15) is 22.0 Å². The number of benzene rings is 2. The van der Waals surface area contributed by atoms with Gasteiger partial charge in [-0.3, -0.25) is 0 Å². The van der Waals surface area contributed by atoms with Crippen LogP contribution in [-0.4, -0.2) is 17.2 Å². The minimum Gasteiger partial charge on any atom is -0.375 e. The molecule has 0 spiro atoms. The van der Waals surface area contributed by atoms with Gasteiger partial charge in [-0.05, 0) is 41.5 Å². The van der Waals surface area contributed by atoms with Gasteiger partial charge in [0, 0.05) is 0 Å². The SMILES string of the molecule is OC(/C=C/c1ccc(F)cc1)(c1ccc(F)cc1)C(F)(F)C(F)(F)F. The molecule has 0 saturated carbocycles. The molecule has 0 bridgehead atoms. The Hall–Kier alpha value is -2.35. The first-order valence-corrected chi connectivity index (χ1v) is 6.85. The van der Waals surface area contributed by atoms with E-state index in [4.69, 9.17) is 0 Å². The van der Waals surface area contributed by atoms with Gasteiger partial charge in [0.2, 0.25) is 0 Å². The Bertz CT molecular complexity index is 748. The molecule has 1 nitrogen and oxygen atoms in total. The monoisotopic (exact) mass is 364 g/mol.